The largest absolute Gasteiger partial charge is 0.395 e. The van der Waals surface area contributed by atoms with Gasteiger partial charge >= 0.3 is 0 Å². The number of anilines is 1. The molecule has 3 heterocycles. The zero-order valence-corrected chi connectivity index (χ0v) is 18.0. The molecule has 2 aliphatic rings. The summed E-state index contributed by atoms with van der Waals surface area (Å²) >= 11 is 0. The van der Waals surface area contributed by atoms with Gasteiger partial charge in [0.05, 0.1) is 38.6 Å². The zero-order chi connectivity index (χ0) is 21.8. The first-order valence-corrected chi connectivity index (χ1v) is 10.2. The third kappa shape index (κ3) is 5.17. The Labute approximate surface area is 181 Å². The van der Waals surface area contributed by atoms with Crippen molar-refractivity contribution < 1.29 is 23.4 Å². The maximum Gasteiger partial charge on any atom is 0.225 e. The van der Waals surface area contributed by atoms with Gasteiger partial charge in [0, 0.05) is 42.1 Å². The van der Waals surface area contributed by atoms with E-state index in [1.54, 1.807) is 37.7 Å². The molecule has 2 aromatic rings. The van der Waals surface area contributed by atoms with E-state index in [4.69, 9.17) is 19.0 Å². The standard InChI is InChI=1S/C22H27FN4O4/c1-22(2)29-11-15(12-30-22)13-31-26-18-9-27(10-18)21-24-7-17(8-25-21)19-6-4-5-16(14-28-3)20(19)23/h4-8,15H,9-14H2,1-3H3. The molecule has 166 valence electrons. The molecule has 1 aromatic heterocycles. The first-order chi connectivity index (χ1) is 14.9. The first-order valence-electron chi connectivity index (χ1n) is 10.2. The van der Waals surface area contributed by atoms with Crippen LogP contribution in [0.5, 0.6) is 0 Å². The van der Waals surface area contributed by atoms with Gasteiger partial charge in [0.1, 0.15) is 12.4 Å². The van der Waals surface area contributed by atoms with Crippen LogP contribution >= 0.6 is 0 Å². The van der Waals surface area contributed by atoms with E-state index in [1.165, 1.54) is 0 Å². The maximum atomic E-state index is 14.6. The van der Waals surface area contributed by atoms with E-state index in [1.807, 2.05) is 18.7 Å². The molecule has 4 rings (SSSR count). The molecule has 0 amide bonds. The summed E-state index contributed by atoms with van der Waals surface area (Å²) in [6.45, 7) is 6.86. The van der Waals surface area contributed by atoms with Crippen molar-refractivity contribution in [1.29, 1.82) is 0 Å². The number of oxime groups is 1. The molecule has 2 aliphatic heterocycles. The molecule has 0 unspecified atom stereocenters. The lowest BCUT2D eigenvalue weighted by Gasteiger charge is -2.34. The highest BCUT2D eigenvalue weighted by Gasteiger charge is 2.29. The van der Waals surface area contributed by atoms with Crippen molar-refractivity contribution in [2.75, 3.05) is 44.9 Å². The molecular formula is C22H27FN4O4. The van der Waals surface area contributed by atoms with Gasteiger partial charge < -0.3 is 23.9 Å². The molecule has 8 nitrogen and oxygen atoms in total. The molecule has 0 bridgehead atoms. The van der Waals surface area contributed by atoms with Crippen LogP contribution in [0.3, 0.4) is 0 Å². The van der Waals surface area contributed by atoms with Crippen LogP contribution in [-0.4, -0.2) is 61.5 Å². The second kappa shape index (κ2) is 9.25. The fourth-order valence-electron chi connectivity index (χ4n) is 3.34. The Balaban J connectivity index is 1.28. The molecule has 1 aromatic carbocycles. The average molecular weight is 430 g/mol. The van der Waals surface area contributed by atoms with E-state index >= 15 is 0 Å². The van der Waals surface area contributed by atoms with Crippen molar-refractivity contribution in [3.63, 3.8) is 0 Å². The summed E-state index contributed by atoms with van der Waals surface area (Å²) < 4.78 is 30.9. The summed E-state index contributed by atoms with van der Waals surface area (Å²) in [6, 6.07) is 5.21. The number of hydrogen-bond donors (Lipinski definition) is 0. The SMILES string of the molecule is COCc1cccc(-c2cnc(N3CC(=NOCC4COC(C)(C)OC4)C3)nc2)c1F. The van der Waals surface area contributed by atoms with Crippen molar-refractivity contribution in [3.05, 3.63) is 42.0 Å². The number of ether oxygens (including phenoxy) is 3. The molecule has 0 atom stereocenters. The van der Waals surface area contributed by atoms with Gasteiger partial charge in [0.25, 0.3) is 0 Å². The minimum atomic E-state index is -0.523. The number of benzene rings is 1. The lowest BCUT2D eigenvalue weighted by Crippen LogP contribution is -2.48. The van der Waals surface area contributed by atoms with Crippen LogP contribution in [0.15, 0.2) is 35.7 Å². The Morgan fingerprint density at radius 2 is 1.90 bits per heavy atom. The number of methoxy groups -OCH3 is 1. The fourth-order valence-corrected chi connectivity index (χ4v) is 3.34. The molecule has 0 radical (unpaired) electrons. The summed E-state index contributed by atoms with van der Waals surface area (Å²) in [7, 11) is 1.54. The number of aromatic nitrogens is 2. The van der Waals surface area contributed by atoms with Crippen LogP contribution in [-0.2, 0) is 25.7 Å². The summed E-state index contributed by atoms with van der Waals surface area (Å²) in [5, 5.41) is 4.19. The van der Waals surface area contributed by atoms with Gasteiger partial charge in [-0.1, -0.05) is 23.4 Å². The number of hydrogen-bond acceptors (Lipinski definition) is 8. The minimum absolute atomic E-state index is 0.173. The van der Waals surface area contributed by atoms with Crippen molar-refractivity contribution in [3.8, 4) is 11.1 Å². The quantitative estimate of drug-likeness (QED) is 0.625. The molecule has 0 spiro atoms. The van der Waals surface area contributed by atoms with Crippen molar-refractivity contribution in [2.24, 2.45) is 11.1 Å². The van der Waals surface area contributed by atoms with E-state index in [0.717, 1.165) is 5.71 Å². The number of halogens is 1. The Kier molecular flexibility index (Phi) is 6.45. The van der Waals surface area contributed by atoms with Crippen molar-refractivity contribution in [2.45, 2.75) is 26.2 Å². The summed E-state index contributed by atoms with van der Waals surface area (Å²) in [4.78, 5) is 16.2. The highest BCUT2D eigenvalue weighted by molar-refractivity contribution is 5.98. The molecule has 9 heteroatoms. The smallest absolute Gasteiger partial charge is 0.225 e. The molecule has 0 saturated carbocycles. The lowest BCUT2D eigenvalue weighted by molar-refractivity contribution is -0.266. The second-order valence-corrected chi connectivity index (χ2v) is 8.18. The van der Waals surface area contributed by atoms with Crippen molar-refractivity contribution in [1.82, 2.24) is 9.97 Å². The predicted octanol–water partition coefficient (Wildman–Crippen LogP) is 3.02. The monoisotopic (exact) mass is 430 g/mol. The third-order valence-corrected chi connectivity index (χ3v) is 5.19. The lowest BCUT2D eigenvalue weighted by atomic mass is 10.1. The third-order valence-electron chi connectivity index (χ3n) is 5.19. The van der Waals surface area contributed by atoms with Crippen LogP contribution < -0.4 is 4.90 Å². The average Bonchev–Trinajstić information content (AvgIpc) is 2.73. The highest BCUT2D eigenvalue weighted by Crippen LogP contribution is 2.26. The molecule has 2 saturated heterocycles. The Bertz CT molecular complexity index is 918. The van der Waals surface area contributed by atoms with Crippen LogP contribution in [0.4, 0.5) is 10.3 Å². The van der Waals surface area contributed by atoms with E-state index in [-0.39, 0.29) is 18.3 Å². The van der Waals surface area contributed by atoms with Gasteiger partial charge in [-0.15, -0.1) is 0 Å². The van der Waals surface area contributed by atoms with E-state index in [2.05, 4.69) is 15.1 Å². The van der Waals surface area contributed by atoms with Crippen LogP contribution in [0.25, 0.3) is 11.1 Å². The zero-order valence-electron chi connectivity index (χ0n) is 18.0. The molecule has 2 fully saturated rings. The van der Waals surface area contributed by atoms with Gasteiger partial charge in [-0.05, 0) is 13.8 Å². The van der Waals surface area contributed by atoms with Gasteiger partial charge in [-0.2, -0.15) is 0 Å². The maximum absolute atomic E-state index is 14.6. The first kappa shape index (κ1) is 21.6. The Hall–Kier alpha value is -2.62. The minimum Gasteiger partial charge on any atom is -0.395 e. The molecular weight excluding hydrogens is 403 g/mol. The van der Waals surface area contributed by atoms with Gasteiger partial charge in [0.15, 0.2) is 5.79 Å². The molecule has 31 heavy (non-hydrogen) atoms. The van der Waals surface area contributed by atoms with Crippen LogP contribution in [0.2, 0.25) is 0 Å². The summed E-state index contributed by atoms with van der Waals surface area (Å²) in [5.41, 5.74) is 2.50. The Morgan fingerprint density at radius 1 is 1.19 bits per heavy atom. The summed E-state index contributed by atoms with van der Waals surface area (Å²) in [5.74, 6) is -0.0847. The van der Waals surface area contributed by atoms with Gasteiger partial charge in [-0.3, -0.25) is 0 Å². The van der Waals surface area contributed by atoms with E-state index in [0.29, 0.717) is 55.5 Å². The second-order valence-electron chi connectivity index (χ2n) is 8.18. The number of nitrogens with zero attached hydrogens (tertiary/aromatic N) is 4. The molecule has 0 aliphatic carbocycles. The van der Waals surface area contributed by atoms with Crippen LogP contribution in [0, 0.1) is 11.7 Å². The summed E-state index contributed by atoms with van der Waals surface area (Å²) in [6.07, 6.45) is 3.26. The van der Waals surface area contributed by atoms with Gasteiger partial charge in [-0.25, -0.2) is 14.4 Å². The van der Waals surface area contributed by atoms with Crippen molar-refractivity contribution >= 4 is 11.7 Å². The fraction of sp³-hybridized carbons (Fsp3) is 0.500. The van der Waals surface area contributed by atoms with Gasteiger partial charge in [0.2, 0.25) is 5.95 Å². The molecule has 0 N–H and O–H groups in total. The normalized spacial score (nSPS) is 18.6. The van der Waals surface area contributed by atoms with E-state index in [9.17, 15) is 4.39 Å². The highest BCUT2D eigenvalue weighted by atomic mass is 19.1. The van der Waals surface area contributed by atoms with E-state index < -0.39 is 5.79 Å². The topological polar surface area (TPSA) is 78.3 Å². The predicted molar refractivity (Wildman–Crippen MR) is 113 cm³/mol. The Morgan fingerprint density at radius 3 is 2.58 bits per heavy atom. The van der Waals surface area contributed by atoms with Crippen LogP contribution in [0.1, 0.15) is 19.4 Å². The number of rotatable bonds is 7.